The van der Waals surface area contributed by atoms with Gasteiger partial charge in [0.25, 0.3) is 5.91 Å². The molecule has 14 heavy (non-hydrogen) atoms. The Labute approximate surface area is 96.0 Å². The van der Waals surface area contributed by atoms with Crippen LogP contribution in [0.25, 0.3) is 0 Å². The van der Waals surface area contributed by atoms with Gasteiger partial charge in [-0.1, -0.05) is 0 Å². The number of nitrogens with zero attached hydrogens (tertiary/aromatic N) is 1. The van der Waals surface area contributed by atoms with Crippen LogP contribution in [0.4, 0.5) is 0 Å². The lowest BCUT2D eigenvalue weighted by atomic mass is 10.1. The number of fused-ring (bicyclic) bond motifs is 1. The molecule has 1 aromatic heterocycles. The largest absolute Gasteiger partial charge is 0.329 e. The first-order valence-corrected chi connectivity index (χ1v) is 6.11. The van der Waals surface area contributed by atoms with Crippen molar-refractivity contribution in [2.75, 3.05) is 0 Å². The lowest BCUT2D eigenvalue weighted by molar-refractivity contribution is 0.0612. The zero-order valence-electron chi connectivity index (χ0n) is 8.43. The smallest absolute Gasteiger partial charge is 0.265 e. The molecule has 0 N–H and O–H groups in total. The van der Waals surface area contributed by atoms with Gasteiger partial charge in [0.2, 0.25) is 0 Å². The van der Waals surface area contributed by atoms with Crippen molar-refractivity contribution in [1.29, 1.82) is 0 Å². The first-order chi connectivity index (χ1) is 6.39. The summed E-state index contributed by atoms with van der Waals surface area (Å²) in [7, 11) is 0. The Balaban J connectivity index is 2.36. The predicted molar refractivity (Wildman–Crippen MR) is 61.6 cm³/mol. The maximum Gasteiger partial charge on any atom is 0.265 e. The Hall–Kier alpha value is -0.350. The van der Waals surface area contributed by atoms with Gasteiger partial charge >= 0.3 is 0 Å². The highest BCUT2D eigenvalue weighted by Crippen LogP contribution is 2.36. The van der Waals surface area contributed by atoms with Gasteiger partial charge in [0.15, 0.2) is 0 Å². The predicted octanol–water partition coefficient (Wildman–Crippen LogP) is 3.26. The van der Waals surface area contributed by atoms with Gasteiger partial charge in [-0.3, -0.25) is 4.79 Å². The highest BCUT2D eigenvalue weighted by Gasteiger charge is 2.36. The Bertz CT molecular complexity index is 391. The molecule has 0 saturated carbocycles. The number of carbonyl (C=O) groups excluding carboxylic acids is 1. The third-order valence-electron chi connectivity index (χ3n) is 2.36. The molecule has 0 aromatic carbocycles. The highest BCUT2D eigenvalue weighted by molar-refractivity contribution is 9.11. The summed E-state index contributed by atoms with van der Waals surface area (Å²) in [4.78, 5) is 14.8. The van der Waals surface area contributed by atoms with Crippen molar-refractivity contribution in [3.05, 3.63) is 20.3 Å². The van der Waals surface area contributed by atoms with Gasteiger partial charge in [-0.25, -0.2) is 0 Å². The molecule has 2 heterocycles. The molecule has 1 aliphatic heterocycles. The fraction of sp³-hybridized carbons (Fsp3) is 0.500. The van der Waals surface area contributed by atoms with Crippen LogP contribution in [-0.2, 0) is 6.54 Å². The summed E-state index contributed by atoms with van der Waals surface area (Å²) in [6.07, 6.45) is 0. The van der Waals surface area contributed by atoms with Crippen molar-refractivity contribution in [3.8, 4) is 0 Å². The number of thiophene rings is 1. The van der Waals surface area contributed by atoms with Gasteiger partial charge in [0.05, 0.1) is 8.66 Å². The third kappa shape index (κ3) is 1.50. The summed E-state index contributed by atoms with van der Waals surface area (Å²) in [5.74, 6) is 0.170. The number of rotatable bonds is 0. The van der Waals surface area contributed by atoms with E-state index in [0.717, 1.165) is 20.8 Å². The first-order valence-electron chi connectivity index (χ1n) is 4.50. The fourth-order valence-electron chi connectivity index (χ4n) is 1.60. The summed E-state index contributed by atoms with van der Waals surface area (Å²) >= 11 is 4.93. The van der Waals surface area contributed by atoms with Crippen LogP contribution in [0, 0.1) is 0 Å². The van der Waals surface area contributed by atoms with E-state index in [1.54, 1.807) is 0 Å². The second kappa shape index (κ2) is 3.07. The molecular weight excluding hydrogens is 262 g/mol. The number of hydrogen-bond donors (Lipinski definition) is 0. The molecule has 0 spiro atoms. The monoisotopic (exact) mass is 273 g/mol. The molecule has 2 nitrogen and oxygen atoms in total. The van der Waals surface area contributed by atoms with E-state index < -0.39 is 0 Å². The molecule has 1 amide bonds. The summed E-state index contributed by atoms with van der Waals surface area (Å²) in [6, 6.07) is 2.05. The van der Waals surface area contributed by atoms with Gasteiger partial charge in [-0.2, -0.15) is 0 Å². The molecule has 0 unspecified atom stereocenters. The lowest BCUT2D eigenvalue weighted by Crippen LogP contribution is -2.41. The Morgan fingerprint density at radius 3 is 2.64 bits per heavy atom. The first kappa shape index (κ1) is 10.2. The quantitative estimate of drug-likeness (QED) is 0.711. The number of hydrogen-bond acceptors (Lipinski definition) is 2. The third-order valence-corrected chi connectivity index (χ3v) is 4.02. The van der Waals surface area contributed by atoms with E-state index in [1.807, 2.05) is 11.0 Å². The van der Waals surface area contributed by atoms with E-state index in [1.165, 1.54) is 11.3 Å². The van der Waals surface area contributed by atoms with Gasteiger partial charge < -0.3 is 4.90 Å². The topological polar surface area (TPSA) is 20.3 Å². The van der Waals surface area contributed by atoms with Crippen LogP contribution < -0.4 is 0 Å². The maximum absolute atomic E-state index is 12.0. The molecular formula is C10H12BrNOS. The van der Waals surface area contributed by atoms with E-state index in [2.05, 4.69) is 36.7 Å². The minimum absolute atomic E-state index is 0.0811. The Morgan fingerprint density at radius 1 is 1.50 bits per heavy atom. The maximum atomic E-state index is 12.0. The normalized spacial score (nSPS) is 16.3. The molecule has 0 bridgehead atoms. The second-order valence-electron chi connectivity index (χ2n) is 4.47. The van der Waals surface area contributed by atoms with E-state index in [0.29, 0.717) is 0 Å². The van der Waals surface area contributed by atoms with Gasteiger partial charge in [-0.15, -0.1) is 11.3 Å². The molecule has 0 saturated heterocycles. The molecule has 1 aromatic rings. The van der Waals surface area contributed by atoms with Crippen molar-refractivity contribution in [2.24, 2.45) is 0 Å². The second-order valence-corrected chi connectivity index (χ2v) is 6.90. The molecule has 76 valence electrons. The molecule has 2 rings (SSSR count). The number of carbonyl (C=O) groups is 1. The summed E-state index contributed by atoms with van der Waals surface area (Å²) in [5.41, 5.74) is 1.07. The molecule has 4 heteroatoms. The van der Waals surface area contributed by atoms with Crippen LogP contribution >= 0.6 is 27.3 Å². The minimum atomic E-state index is -0.0811. The van der Waals surface area contributed by atoms with E-state index in [4.69, 9.17) is 0 Å². The SMILES string of the molecule is CC(C)(C)N1Cc2cc(Br)sc2C1=O. The van der Waals surface area contributed by atoms with Crippen molar-refractivity contribution in [1.82, 2.24) is 4.90 Å². The highest BCUT2D eigenvalue weighted by atomic mass is 79.9. The van der Waals surface area contributed by atoms with Crippen LogP contribution in [0.1, 0.15) is 36.0 Å². The van der Waals surface area contributed by atoms with Crippen molar-refractivity contribution >= 4 is 33.2 Å². The van der Waals surface area contributed by atoms with Crippen molar-refractivity contribution < 1.29 is 4.79 Å². The lowest BCUT2D eigenvalue weighted by Gasteiger charge is -2.31. The zero-order valence-corrected chi connectivity index (χ0v) is 10.8. The van der Waals surface area contributed by atoms with Crippen LogP contribution in [0.3, 0.4) is 0 Å². The van der Waals surface area contributed by atoms with Gasteiger partial charge in [-0.05, 0) is 48.3 Å². The Morgan fingerprint density at radius 2 is 2.14 bits per heavy atom. The van der Waals surface area contributed by atoms with Crippen LogP contribution in [0.5, 0.6) is 0 Å². The molecule has 0 radical (unpaired) electrons. The zero-order chi connectivity index (χ0) is 10.5. The van der Waals surface area contributed by atoms with E-state index in [9.17, 15) is 4.79 Å². The van der Waals surface area contributed by atoms with Crippen LogP contribution in [-0.4, -0.2) is 16.3 Å². The summed E-state index contributed by atoms with van der Waals surface area (Å²) < 4.78 is 1.05. The molecule has 1 aliphatic rings. The number of halogens is 1. The molecule has 0 fully saturated rings. The van der Waals surface area contributed by atoms with Gasteiger partial charge in [0, 0.05) is 12.1 Å². The van der Waals surface area contributed by atoms with E-state index >= 15 is 0 Å². The Kier molecular flexibility index (Phi) is 2.23. The average Bonchev–Trinajstić information content (AvgIpc) is 2.49. The van der Waals surface area contributed by atoms with E-state index in [-0.39, 0.29) is 11.4 Å². The minimum Gasteiger partial charge on any atom is -0.329 e. The molecule has 0 aliphatic carbocycles. The van der Waals surface area contributed by atoms with Gasteiger partial charge in [0.1, 0.15) is 0 Å². The summed E-state index contributed by atoms with van der Waals surface area (Å²) in [5, 5.41) is 0. The van der Waals surface area contributed by atoms with Crippen LogP contribution in [0.15, 0.2) is 9.85 Å². The fourth-order valence-corrected chi connectivity index (χ4v) is 3.21. The van der Waals surface area contributed by atoms with Crippen LogP contribution in [0.2, 0.25) is 0 Å². The standard InChI is InChI=1S/C10H12BrNOS/c1-10(2,3)12-5-6-4-7(11)14-8(6)9(12)13/h4H,5H2,1-3H3. The average molecular weight is 274 g/mol. The summed E-state index contributed by atoms with van der Waals surface area (Å²) in [6.45, 7) is 6.95. The molecule has 0 atom stereocenters. The van der Waals surface area contributed by atoms with Crippen molar-refractivity contribution in [2.45, 2.75) is 32.9 Å². The van der Waals surface area contributed by atoms with Crippen molar-refractivity contribution in [3.63, 3.8) is 0 Å². The number of amides is 1.